The summed E-state index contributed by atoms with van der Waals surface area (Å²) in [6.07, 6.45) is 6.50. The first kappa shape index (κ1) is 10.3. The highest BCUT2D eigenvalue weighted by atomic mass is 19.2. The number of nitrogens with zero attached hydrogens (tertiary/aromatic N) is 1. The Bertz CT molecular complexity index is 198. The monoisotopic (exact) mass is 183 g/mol. The zero-order valence-corrected chi connectivity index (χ0v) is 8.19. The quantitative estimate of drug-likeness (QED) is 0.519. The van der Waals surface area contributed by atoms with E-state index in [0.717, 1.165) is 36.4 Å². The van der Waals surface area contributed by atoms with Gasteiger partial charge in [-0.3, -0.25) is 0 Å². The van der Waals surface area contributed by atoms with Crippen LogP contribution in [0.5, 0.6) is 0 Å². The first-order valence-corrected chi connectivity index (χ1v) is 5.02. The van der Waals surface area contributed by atoms with Crippen LogP contribution in [-0.2, 0) is 0 Å². The van der Waals surface area contributed by atoms with Crippen LogP contribution < -0.4 is 0 Å². The van der Waals surface area contributed by atoms with Crippen molar-refractivity contribution in [3.05, 3.63) is 24.4 Å². The maximum Gasteiger partial charge on any atom is 0.0641 e. The lowest BCUT2D eigenvalue weighted by molar-refractivity contribution is 0.0709. The first-order chi connectivity index (χ1) is 6.22. The minimum atomic E-state index is 0.470. The smallest absolute Gasteiger partial charge is 0.0641 e. The van der Waals surface area contributed by atoms with E-state index in [0.29, 0.717) is 12.2 Å². The van der Waals surface area contributed by atoms with Gasteiger partial charge in [0.15, 0.2) is 0 Å². The summed E-state index contributed by atoms with van der Waals surface area (Å²) in [5.74, 6) is 0. The zero-order valence-electron chi connectivity index (χ0n) is 8.19. The molecular weight excluding hydrogens is 165 g/mol. The lowest BCUT2D eigenvalue weighted by Gasteiger charge is -2.19. The van der Waals surface area contributed by atoms with Gasteiger partial charge >= 0.3 is 0 Å². The van der Waals surface area contributed by atoms with Gasteiger partial charge in [0.2, 0.25) is 0 Å². The number of halogens is 1. The Morgan fingerprint density at radius 3 is 2.38 bits per heavy atom. The van der Waals surface area contributed by atoms with Gasteiger partial charge < -0.3 is 0 Å². The van der Waals surface area contributed by atoms with Gasteiger partial charge in [0.1, 0.15) is 0 Å². The van der Waals surface area contributed by atoms with Crippen molar-refractivity contribution in [2.24, 2.45) is 0 Å². The summed E-state index contributed by atoms with van der Waals surface area (Å²) < 4.78 is 13.3. The molecule has 0 unspecified atom stereocenters. The average molecular weight is 183 g/mol. The fourth-order valence-electron chi connectivity index (χ4n) is 1.57. The van der Waals surface area contributed by atoms with E-state index in [9.17, 15) is 4.48 Å². The molecule has 0 aromatic rings. The molecule has 0 bridgehead atoms. The summed E-state index contributed by atoms with van der Waals surface area (Å²) in [6.45, 7) is 8.01. The molecule has 1 fully saturated rings. The Kier molecular flexibility index (Phi) is 4.00. The summed E-state index contributed by atoms with van der Waals surface area (Å²) in [7, 11) is 0. The lowest BCUT2D eigenvalue weighted by Crippen LogP contribution is -2.15. The Hall–Kier alpha value is -0.790. The Morgan fingerprint density at radius 1 is 1.00 bits per heavy atom. The third-order valence-corrected chi connectivity index (χ3v) is 2.53. The van der Waals surface area contributed by atoms with E-state index in [1.54, 1.807) is 0 Å². The molecule has 0 N–H and O–H groups in total. The van der Waals surface area contributed by atoms with Gasteiger partial charge in [-0.1, -0.05) is 36.9 Å². The van der Waals surface area contributed by atoms with E-state index < -0.39 is 0 Å². The van der Waals surface area contributed by atoms with E-state index in [1.165, 1.54) is 12.8 Å². The number of rotatable bonds is 0. The van der Waals surface area contributed by atoms with E-state index >= 15 is 0 Å². The molecule has 0 aromatic heterocycles. The van der Waals surface area contributed by atoms with E-state index in [-0.39, 0.29) is 0 Å². The lowest BCUT2D eigenvalue weighted by atomic mass is 10.0. The zero-order chi connectivity index (χ0) is 9.68. The molecule has 1 rings (SSSR count). The van der Waals surface area contributed by atoms with Crippen molar-refractivity contribution in [1.29, 1.82) is 0 Å². The molecule has 0 aliphatic carbocycles. The Morgan fingerprint density at radius 2 is 1.62 bits per heavy atom. The van der Waals surface area contributed by atoms with Crippen molar-refractivity contribution in [3.8, 4) is 0 Å². The SMILES string of the molecule is C=C1CCCCCCCN(F)C1=C. The van der Waals surface area contributed by atoms with E-state index in [2.05, 4.69) is 13.2 Å². The minimum absolute atomic E-state index is 0.470. The van der Waals surface area contributed by atoms with Crippen LogP contribution in [0.2, 0.25) is 0 Å². The predicted molar refractivity (Wildman–Crippen MR) is 53.8 cm³/mol. The molecule has 0 saturated carbocycles. The second-order valence-electron chi connectivity index (χ2n) is 3.65. The maximum absolute atomic E-state index is 13.3. The van der Waals surface area contributed by atoms with Crippen LogP contribution in [0.25, 0.3) is 0 Å². The minimum Gasteiger partial charge on any atom is -0.212 e. The van der Waals surface area contributed by atoms with Gasteiger partial charge in [-0.25, -0.2) is 5.12 Å². The van der Waals surface area contributed by atoms with Crippen molar-refractivity contribution in [2.45, 2.75) is 38.5 Å². The second kappa shape index (κ2) is 5.05. The molecule has 0 radical (unpaired) electrons. The molecule has 13 heavy (non-hydrogen) atoms. The highest BCUT2D eigenvalue weighted by molar-refractivity contribution is 5.22. The first-order valence-electron chi connectivity index (χ1n) is 5.02. The molecule has 1 heterocycles. The predicted octanol–water partition coefficient (Wildman–Crippen LogP) is 3.60. The highest BCUT2D eigenvalue weighted by Gasteiger charge is 2.10. The van der Waals surface area contributed by atoms with Crippen LogP contribution in [0.3, 0.4) is 0 Å². The summed E-state index contributed by atoms with van der Waals surface area (Å²) in [5, 5.41) is 0.744. The molecule has 0 spiro atoms. The van der Waals surface area contributed by atoms with Gasteiger partial charge in [0, 0.05) is 0 Å². The normalized spacial score (nSPS) is 21.8. The van der Waals surface area contributed by atoms with Crippen LogP contribution in [0.1, 0.15) is 38.5 Å². The standard InChI is InChI=1S/C11H18FN/c1-10-8-6-4-3-5-7-9-13(12)11(10)2/h1-9H2. The van der Waals surface area contributed by atoms with E-state index in [4.69, 9.17) is 0 Å². The Balaban J connectivity index is 2.50. The molecule has 2 heteroatoms. The van der Waals surface area contributed by atoms with Gasteiger partial charge in [-0.2, -0.15) is 0 Å². The van der Waals surface area contributed by atoms with Crippen molar-refractivity contribution < 1.29 is 4.48 Å². The van der Waals surface area contributed by atoms with Crippen LogP contribution >= 0.6 is 0 Å². The van der Waals surface area contributed by atoms with Crippen LogP contribution in [0.4, 0.5) is 4.48 Å². The number of allylic oxidation sites excluding steroid dienone is 1. The molecule has 0 amide bonds. The largest absolute Gasteiger partial charge is 0.212 e. The summed E-state index contributed by atoms with van der Waals surface area (Å²) >= 11 is 0. The fourth-order valence-corrected chi connectivity index (χ4v) is 1.57. The van der Waals surface area contributed by atoms with E-state index in [1.807, 2.05) is 0 Å². The average Bonchev–Trinajstić information content (AvgIpc) is 2.13. The molecule has 0 atom stereocenters. The van der Waals surface area contributed by atoms with Crippen molar-refractivity contribution in [1.82, 2.24) is 5.12 Å². The van der Waals surface area contributed by atoms with Crippen LogP contribution in [0, 0.1) is 0 Å². The maximum atomic E-state index is 13.3. The molecule has 74 valence electrons. The van der Waals surface area contributed by atoms with Crippen molar-refractivity contribution >= 4 is 0 Å². The molecule has 1 nitrogen and oxygen atoms in total. The van der Waals surface area contributed by atoms with Gasteiger partial charge in [-0.15, -0.1) is 0 Å². The van der Waals surface area contributed by atoms with Crippen LogP contribution in [-0.4, -0.2) is 11.7 Å². The summed E-state index contributed by atoms with van der Waals surface area (Å²) in [6, 6.07) is 0. The number of hydrogen-bond acceptors (Lipinski definition) is 1. The highest BCUT2D eigenvalue weighted by Crippen LogP contribution is 2.21. The van der Waals surface area contributed by atoms with Gasteiger partial charge in [-0.05, 0) is 24.8 Å². The molecule has 1 aliphatic heterocycles. The van der Waals surface area contributed by atoms with Crippen molar-refractivity contribution in [2.75, 3.05) is 6.54 Å². The summed E-state index contributed by atoms with van der Waals surface area (Å²) in [4.78, 5) is 0. The topological polar surface area (TPSA) is 3.24 Å². The third kappa shape index (κ3) is 3.21. The van der Waals surface area contributed by atoms with Crippen molar-refractivity contribution in [3.63, 3.8) is 0 Å². The third-order valence-electron chi connectivity index (χ3n) is 2.53. The molecule has 1 aliphatic rings. The fraction of sp³-hybridized carbons (Fsp3) is 0.636. The molecular formula is C11H18FN. The summed E-state index contributed by atoms with van der Waals surface area (Å²) in [5.41, 5.74) is 1.33. The molecule has 0 aromatic carbocycles. The van der Waals surface area contributed by atoms with Gasteiger partial charge in [0.05, 0.1) is 12.2 Å². The van der Waals surface area contributed by atoms with Crippen LogP contribution in [0.15, 0.2) is 24.4 Å². The van der Waals surface area contributed by atoms with Gasteiger partial charge in [0.25, 0.3) is 0 Å². The molecule has 1 saturated heterocycles. The number of hydrogen-bond donors (Lipinski definition) is 0. The second-order valence-corrected chi connectivity index (χ2v) is 3.65. The Labute approximate surface area is 79.9 Å².